The molecule has 0 bridgehead atoms. The van der Waals surface area contributed by atoms with Crippen molar-refractivity contribution in [3.8, 4) is 0 Å². The quantitative estimate of drug-likeness (QED) is 0.555. The van der Waals surface area contributed by atoms with E-state index in [0.29, 0.717) is 6.61 Å². The second kappa shape index (κ2) is 7.32. The third-order valence-corrected chi connectivity index (χ3v) is 3.23. The number of unbranched alkanes of at least 4 members (excludes halogenated alkanes) is 2. The van der Waals surface area contributed by atoms with E-state index in [4.69, 9.17) is 4.74 Å². The zero-order valence-corrected chi connectivity index (χ0v) is 12.6. The van der Waals surface area contributed by atoms with Crippen LogP contribution in [-0.4, -0.2) is 12.6 Å². The number of ether oxygens (including phenoxy) is 1. The molecule has 0 aromatic heterocycles. The number of hydrogen-bond donors (Lipinski definition) is 0. The van der Waals surface area contributed by atoms with Gasteiger partial charge in [-0.2, -0.15) is 0 Å². The second-order valence-electron chi connectivity index (χ2n) is 6.08. The highest BCUT2D eigenvalue weighted by Crippen LogP contribution is 2.35. The number of esters is 1. The van der Waals surface area contributed by atoms with Gasteiger partial charge in [-0.05, 0) is 17.4 Å². The molecule has 2 heteroatoms. The monoisotopic (exact) mass is 262 g/mol. The van der Waals surface area contributed by atoms with E-state index in [2.05, 4.69) is 27.7 Å². The molecule has 0 aliphatic rings. The van der Waals surface area contributed by atoms with Crippen molar-refractivity contribution in [2.75, 3.05) is 6.61 Å². The van der Waals surface area contributed by atoms with Crippen LogP contribution in [0.25, 0.3) is 0 Å². The topological polar surface area (TPSA) is 26.3 Å². The van der Waals surface area contributed by atoms with E-state index in [1.54, 1.807) is 0 Å². The summed E-state index contributed by atoms with van der Waals surface area (Å²) >= 11 is 0. The molecule has 0 radical (unpaired) electrons. The molecule has 0 heterocycles. The number of rotatable bonds is 6. The lowest BCUT2D eigenvalue weighted by molar-refractivity contribution is -0.148. The minimum atomic E-state index is -0.199. The Hall–Kier alpha value is -1.31. The molecule has 0 spiro atoms. The van der Waals surface area contributed by atoms with Gasteiger partial charge >= 0.3 is 5.97 Å². The highest BCUT2D eigenvalue weighted by molar-refractivity contribution is 5.79. The molecule has 1 aromatic carbocycles. The van der Waals surface area contributed by atoms with Crippen LogP contribution >= 0.6 is 0 Å². The van der Waals surface area contributed by atoms with Crippen LogP contribution in [0, 0.1) is 5.41 Å². The highest BCUT2D eigenvalue weighted by Gasteiger charge is 2.33. The largest absolute Gasteiger partial charge is 0.465 e. The molecule has 0 saturated carbocycles. The van der Waals surface area contributed by atoms with Crippen LogP contribution in [0.1, 0.15) is 58.4 Å². The van der Waals surface area contributed by atoms with Crippen LogP contribution in [0.5, 0.6) is 0 Å². The van der Waals surface area contributed by atoms with Gasteiger partial charge in [-0.15, -0.1) is 0 Å². The minimum Gasteiger partial charge on any atom is -0.465 e. The molecule has 1 rings (SSSR count). The summed E-state index contributed by atoms with van der Waals surface area (Å²) in [6, 6.07) is 9.92. The molecule has 1 atom stereocenters. The Bertz CT molecular complexity index is 376. The highest BCUT2D eigenvalue weighted by atomic mass is 16.5. The summed E-state index contributed by atoms with van der Waals surface area (Å²) < 4.78 is 5.45. The molecule has 1 aromatic rings. The average Bonchev–Trinajstić information content (AvgIpc) is 2.34. The van der Waals surface area contributed by atoms with Crippen molar-refractivity contribution < 1.29 is 9.53 Å². The van der Waals surface area contributed by atoms with Gasteiger partial charge in [0.05, 0.1) is 12.5 Å². The lowest BCUT2D eigenvalue weighted by Gasteiger charge is -2.29. The SMILES string of the molecule is CCCCCOC(=O)C(c1ccccc1)C(C)(C)C. The lowest BCUT2D eigenvalue weighted by Crippen LogP contribution is -2.28. The van der Waals surface area contributed by atoms with E-state index < -0.39 is 0 Å². The number of carbonyl (C=O) groups is 1. The zero-order chi connectivity index (χ0) is 14.3. The van der Waals surface area contributed by atoms with E-state index >= 15 is 0 Å². The maximum atomic E-state index is 12.3. The first-order chi connectivity index (χ1) is 8.96. The third kappa shape index (κ3) is 5.06. The van der Waals surface area contributed by atoms with Crippen molar-refractivity contribution in [3.05, 3.63) is 35.9 Å². The summed E-state index contributed by atoms with van der Waals surface area (Å²) in [5.41, 5.74) is 0.902. The van der Waals surface area contributed by atoms with Gasteiger partial charge in [0.25, 0.3) is 0 Å². The summed E-state index contributed by atoms with van der Waals surface area (Å²) in [5, 5.41) is 0. The van der Waals surface area contributed by atoms with Gasteiger partial charge in [0.15, 0.2) is 0 Å². The molecule has 19 heavy (non-hydrogen) atoms. The Morgan fingerprint density at radius 2 is 1.79 bits per heavy atom. The van der Waals surface area contributed by atoms with Crippen molar-refractivity contribution in [2.24, 2.45) is 5.41 Å². The summed E-state index contributed by atoms with van der Waals surface area (Å²) in [4.78, 5) is 12.3. The molecule has 0 saturated heterocycles. The van der Waals surface area contributed by atoms with Crippen LogP contribution in [0.15, 0.2) is 30.3 Å². The minimum absolute atomic E-state index is 0.102. The summed E-state index contributed by atoms with van der Waals surface area (Å²) in [6.45, 7) is 8.92. The Morgan fingerprint density at radius 1 is 1.16 bits per heavy atom. The molecule has 1 unspecified atom stereocenters. The normalized spacial score (nSPS) is 13.1. The Balaban J connectivity index is 2.73. The van der Waals surface area contributed by atoms with Gasteiger partial charge in [0.2, 0.25) is 0 Å². The maximum Gasteiger partial charge on any atom is 0.313 e. The Kier molecular flexibility index (Phi) is 6.07. The predicted molar refractivity (Wildman–Crippen MR) is 79.1 cm³/mol. The van der Waals surface area contributed by atoms with E-state index in [9.17, 15) is 4.79 Å². The molecule has 2 nitrogen and oxygen atoms in total. The van der Waals surface area contributed by atoms with Crippen molar-refractivity contribution in [1.29, 1.82) is 0 Å². The summed E-state index contributed by atoms with van der Waals surface area (Å²) in [7, 11) is 0. The number of carbonyl (C=O) groups excluding carboxylic acids is 1. The first kappa shape index (κ1) is 15.7. The van der Waals surface area contributed by atoms with Gasteiger partial charge in [0.1, 0.15) is 0 Å². The first-order valence-corrected chi connectivity index (χ1v) is 7.18. The maximum absolute atomic E-state index is 12.3. The summed E-state index contributed by atoms with van der Waals surface area (Å²) in [6.07, 6.45) is 3.20. The van der Waals surface area contributed by atoms with Crippen molar-refractivity contribution in [1.82, 2.24) is 0 Å². The average molecular weight is 262 g/mol. The first-order valence-electron chi connectivity index (χ1n) is 7.18. The van der Waals surface area contributed by atoms with E-state index in [1.807, 2.05) is 30.3 Å². The van der Waals surface area contributed by atoms with E-state index in [-0.39, 0.29) is 17.3 Å². The molecular weight excluding hydrogens is 236 g/mol. The van der Waals surface area contributed by atoms with Crippen LogP contribution in [0.3, 0.4) is 0 Å². The standard InChI is InChI=1S/C17H26O2/c1-5-6-10-13-19-16(18)15(17(2,3)4)14-11-8-7-9-12-14/h7-9,11-12,15H,5-6,10,13H2,1-4H3. The molecule has 106 valence electrons. The molecular formula is C17H26O2. The second-order valence-corrected chi connectivity index (χ2v) is 6.08. The molecule has 0 fully saturated rings. The Labute approximate surface area is 117 Å². The van der Waals surface area contributed by atoms with Crippen molar-refractivity contribution >= 4 is 5.97 Å². The van der Waals surface area contributed by atoms with Gasteiger partial charge < -0.3 is 4.74 Å². The smallest absolute Gasteiger partial charge is 0.313 e. The fraction of sp³-hybridized carbons (Fsp3) is 0.588. The van der Waals surface area contributed by atoms with Gasteiger partial charge in [0, 0.05) is 0 Å². The Morgan fingerprint density at radius 3 is 2.32 bits per heavy atom. The van der Waals surface area contributed by atoms with Crippen LogP contribution in [0.2, 0.25) is 0 Å². The fourth-order valence-electron chi connectivity index (χ4n) is 2.24. The van der Waals surface area contributed by atoms with Gasteiger partial charge in [-0.25, -0.2) is 0 Å². The van der Waals surface area contributed by atoms with Crippen LogP contribution in [0.4, 0.5) is 0 Å². The van der Waals surface area contributed by atoms with Crippen LogP contribution in [-0.2, 0) is 9.53 Å². The van der Waals surface area contributed by atoms with Gasteiger partial charge in [-0.3, -0.25) is 4.79 Å². The van der Waals surface area contributed by atoms with Crippen molar-refractivity contribution in [3.63, 3.8) is 0 Å². The van der Waals surface area contributed by atoms with Crippen molar-refractivity contribution in [2.45, 2.75) is 52.9 Å². The third-order valence-electron chi connectivity index (χ3n) is 3.23. The van der Waals surface area contributed by atoms with E-state index in [1.165, 1.54) is 0 Å². The summed E-state index contributed by atoms with van der Waals surface area (Å²) in [5.74, 6) is -0.301. The zero-order valence-electron chi connectivity index (χ0n) is 12.6. The predicted octanol–water partition coefficient (Wildman–Crippen LogP) is 4.55. The molecule has 0 N–H and O–H groups in total. The molecule has 0 aliphatic carbocycles. The molecule has 0 amide bonds. The van der Waals surface area contributed by atoms with E-state index in [0.717, 1.165) is 24.8 Å². The number of benzene rings is 1. The van der Waals surface area contributed by atoms with Gasteiger partial charge in [-0.1, -0.05) is 70.9 Å². The lowest BCUT2D eigenvalue weighted by atomic mass is 9.76. The fourth-order valence-corrected chi connectivity index (χ4v) is 2.24. The van der Waals surface area contributed by atoms with Crippen LogP contribution < -0.4 is 0 Å². The molecule has 0 aliphatic heterocycles. The number of hydrogen-bond acceptors (Lipinski definition) is 2.